The first kappa shape index (κ1) is 19.3. The fraction of sp³-hybridized carbons (Fsp3) is 0.417. The van der Waals surface area contributed by atoms with Gasteiger partial charge in [-0.1, -0.05) is 82.7 Å². The van der Waals surface area contributed by atoms with E-state index >= 15 is 0 Å². The Bertz CT molecular complexity index is 659. The molecular formula is C24H32O. The van der Waals surface area contributed by atoms with Gasteiger partial charge in [0.05, 0.1) is 6.61 Å². The van der Waals surface area contributed by atoms with Gasteiger partial charge in [-0.05, 0) is 53.5 Å². The van der Waals surface area contributed by atoms with E-state index in [0.717, 1.165) is 38.0 Å². The van der Waals surface area contributed by atoms with Crippen molar-refractivity contribution in [3.63, 3.8) is 0 Å². The minimum atomic E-state index is 0.225. The summed E-state index contributed by atoms with van der Waals surface area (Å²) in [6, 6.07) is 17.4. The molecule has 0 saturated heterocycles. The molecule has 2 rings (SSSR count). The smallest absolute Gasteiger partial charge is 0.119 e. The quantitative estimate of drug-likeness (QED) is 0.481. The van der Waals surface area contributed by atoms with Crippen molar-refractivity contribution >= 4 is 6.08 Å². The van der Waals surface area contributed by atoms with Gasteiger partial charge < -0.3 is 4.74 Å². The Kier molecular flexibility index (Phi) is 7.31. The Balaban J connectivity index is 1.84. The first-order valence-electron chi connectivity index (χ1n) is 9.48. The van der Waals surface area contributed by atoms with Crippen molar-refractivity contribution in [1.82, 2.24) is 0 Å². The van der Waals surface area contributed by atoms with Gasteiger partial charge in [0.15, 0.2) is 0 Å². The van der Waals surface area contributed by atoms with Gasteiger partial charge in [0.25, 0.3) is 0 Å². The van der Waals surface area contributed by atoms with Crippen molar-refractivity contribution in [1.29, 1.82) is 0 Å². The number of benzene rings is 2. The molecule has 0 atom stereocenters. The summed E-state index contributed by atoms with van der Waals surface area (Å²) >= 11 is 0. The molecule has 0 spiro atoms. The zero-order chi connectivity index (χ0) is 18.1. The van der Waals surface area contributed by atoms with E-state index in [1.165, 1.54) is 16.7 Å². The van der Waals surface area contributed by atoms with Crippen molar-refractivity contribution in [3.05, 3.63) is 71.3 Å². The van der Waals surface area contributed by atoms with Crippen molar-refractivity contribution in [2.75, 3.05) is 6.61 Å². The first-order chi connectivity index (χ1) is 12.0. The maximum absolute atomic E-state index is 5.77. The second-order valence-corrected chi connectivity index (χ2v) is 7.66. The van der Waals surface area contributed by atoms with Crippen LogP contribution in [0.2, 0.25) is 0 Å². The monoisotopic (exact) mass is 336 g/mol. The molecule has 0 aliphatic carbocycles. The Hall–Kier alpha value is -2.02. The fourth-order valence-electron chi connectivity index (χ4n) is 2.68. The molecule has 0 amide bonds. The molecule has 0 N–H and O–H groups in total. The molecule has 1 nitrogen and oxygen atoms in total. The van der Waals surface area contributed by atoms with Crippen molar-refractivity contribution in [2.45, 2.75) is 58.8 Å². The van der Waals surface area contributed by atoms with Gasteiger partial charge in [-0.3, -0.25) is 0 Å². The normalized spacial score (nSPS) is 11.8. The average molecular weight is 337 g/mol. The van der Waals surface area contributed by atoms with Crippen LogP contribution in [-0.2, 0) is 11.8 Å². The van der Waals surface area contributed by atoms with Gasteiger partial charge in [-0.25, -0.2) is 0 Å². The van der Waals surface area contributed by atoms with Crippen molar-refractivity contribution < 1.29 is 4.74 Å². The molecule has 0 aromatic heterocycles. The molecule has 0 bridgehead atoms. The number of rotatable bonds is 8. The number of hydrogen-bond donors (Lipinski definition) is 0. The van der Waals surface area contributed by atoms with E-state index in [0.29, 0.717) is 0 Å². The molecule has 0 unspecified atom stereocenters. The standard InChI is InChI=1S/C24H32O/c1-5-6-18-25-23-13-9-12-21(19-23)11-8-7-10-20-14-16-22(17-15-20)24(2,3)4/h8-9,11-17,19H,5-7,10,18H2,1-4H3. The summed E-state index contributed by atoms with van der Waals surface area (Å²) in [7, 11) is 0. The molecule has 1 heteroatoms. The van der Waals surface area contributed by atoms with Crippen LogP contribution in [0.5, 0.6) is 5.75 Å². The number of unbranched alkanes of at least 4 members (excludes halogenated alkanes) is 1. The molecule has 25 heavy (non-hydrogen) atoms. The lowest BCUT2D eigenvalue weighted by Gasteiger charge is -2.19. The van der Waals surface area contributed by atoms with Crippen LogP contribution in [0.1, 0.15) is 63.6 Å². The summed E-state index contributed by atoms with van der Waals surface area (Å²) in [6.07, 6.45) is 8.84. The van der Waals surface area contributed by atoms with E-state index in [1.54, 1.807) is 0 Å². The van der Waals surface area contributed by atoms with Gasteiger partial charge in [0.1, 0.15) is 5.75 Å². The minimum absolute atomic E-state index is 0.225. The zero-order valence-electron chi connectivity index (χ0n) is 16.2. The van der Waals surface area contributed by atoms with Gasteiger partial charge in [-0.2, -0.15) is 0 Å². The van der Waals surface area contributed by atoms with Gasteiger partial charge in [0, 0.05) is 0 Å². The van der Waals surface area contributed by atoms with Crippen LogP contribution in [0, 0.1) is 0 Å². The Labute approximate surface area is 153 Å². The zero-order valence-corrected chi connectivity index (χ0v) is 16.2. The maximum atomic E-state index is 5.77. The summed E-state index contributed by atoms with van der Waals surface area (Å²) < 4.78 is 5.77. The Morgan fingerprint density at radius 2 is 1.76 bits per heavy atom. The van der Waals surface area contributed by atoms with E-state index in [-0.39, 0.29) is 5.41 Å². The Morgan fingerprint density at radius 1 is 1.00 bits per heavy atom. The molecule has 0 aliphatic rings. The van der Waals surface area contributed by atoms with Gasteiger partial charge in [0.2, 0.25) is 0 Å². The third-order valence-corrected chi connectivity index (χ3v) is 4.35. The minimum Gasteiger partial charge on any atom is -0.494 e. The predicted octanol–water partition coefficient (Wildman–Crippen LogP) is 6.81. The second-order valence-electron chi connectivity index (χ2n) is 7.66. The average Bonchev–Trinajstić information content (AvgIpc) is 2.59. The van der Waals surface area contributed by atoms with Crippen LogP contribution in [0.25, 0.3) is 6.08 Å². The lowest BCUT2D eigenvalue weighted by Crippen LogP contribution is -2.10. The third-order valence-electron chi connectivity index (χ3n) is 4.35. The topological polar surface area (TPSA) is 9.23 Å². The summed E-state index contributed by atoms with van der Waals surface area (Å²) in [6.45, 7) is 9.74. The molecule has 0 saturated carbocycles. The molecule has 0 fully saturated rings. The molecule has 2 aromatic rings. The van der Waals surface area contributed by atoms with Crippen LogP contribution in [0.4, 0.5) is 0 Å². The Morgan fingerprint density at radius 3 is 2.44 bits per heavy atom. The van der Waals surface area contributed by atoms with Crippen LogP contribution in [0.3, 0.4) is 0 Å². The predicted molar refractivity (Wildman–Crippen MR) is 109 cm³/mol. The maximum Gasteiger partial charge on any atom is 0.119 e. The number of aryl methyl sites for hydroxylation is 1. The van der Waals surface area contributed by atoms with E-state index in [4.69, 9.17) is 4.74 Å². The lowest BCUT2D eigenvalue weighted by molar-refractivity contribution is 0.309. The first-order valence-corrected chi connectivity index (χ1v) is 9.48. The highest BCUT2D eigenvalue weighted by Gasteiger charge is 2.12. The number of hydrogen-bond acceptors (Lipinski definition) is 1. The van der Waals surface area contributed by atoms with E-state index in [1.807, 2.05) is 6.07 Å². The molecule has 134 valence electrons. The van der Waals surface area contributed by atoms with Crippen LogP contribution in [0.15, 0.2) is 54.6 Å². The molecule has 0 aliphatic heterocycles. The van der Waals surface area contributed by atoms with Crippen LogP contribution in [-0.4, -0.2) is 6.61 Å². The molecule has 0 heterocycles. The summed E-state index contributed by atoms with van der Waals surface area (Å²) in [5.74, 6) is 0.966. The molecular weight excluding hydrogens is 304 g/mol. The lowest BCUT2D eigenvalue weighted by atomic mass is 9.86. The molecule has 2 aromatic carbocycles. The highest BCUT2D eigenvalue weighted by atomic mass is 16.5. The number of allylic oxidation sites excluding steroid dienone is 1. The summed E-state index contributed by atoms with van der Waals surface area (Å²) in [5.41, 5.74) is 4.22. The van der Waals surface area contributed by atoms with Gasteiger partial charge >= 0.3 is 0 Å². The number of ether oxygens (including phenoxy) is 1. The summed E-state index contributed by atoms with van der Waals surface area (Å²) in [5, 5.41) is 0. The van der Waals surface area contributed by atoms with Gasteiger partial charge in [-0.15, -0.1) is 0 Å². The highest BCUT2D eigenvalue weighted by molar-refractivity contribution is 5.51. The highest BCUT2D eigenvalue weighted by Crippen LogP contribution is 2.22. The second kappa shape index (κ2) is 9.46. The van der Waals surface area contributed by atoms with Crippen LogP contribution < -0.4 is 4.74 Å². The van der Waals surface area contributed by atoms with E-state index < -0.39 is 0 Å². The van der Waals surface area contributed by atoms with Crippen molar-refractivity contribution in [2.24, 2.45) is 0 Å². The third kappa shape index (κ3) is 6.78. The van der Waals surface area contributed by atoms with Crippen LogP contribution >= 0.6 is 0 Å². The largest absolute Gasteiger partial charge is 0.494 e. The van der Waals surface area contributed by atoms with E-state index in [9.17, 15) is 0 Å². The van der Waals surface area contributed by atoms with Crippen molar-refractivity contribution in [3.8, 4) is 5.75 Å². The fourth-order valence-corrected chi connectivity index (χ4v) is 2.68. The molecule has 0 radical (unpaired) electrons. The summed E-state index contributed by atoms with van der Waals surface area (Å²) in [4.78, 5) is 0. The SMILES string of the molecule is CCCCOc1cccc(C=CCCc2ccc(C(C)(C)C)cc2)c1. The van der Waals surface area contributed by atoms with E-state index in [2.05, 4.69) is 82.3 Å².